The van der Waals surface area contributed by atoms with E-state index in [0.29, 0.717) is 41.7 Å². The molecule has 1 aliphatic carbocycles. The fraction of sp³-hybridized carbons (Fsp3) is 0.438. The van der Waals surface area contributed by atoms with E-state index in [0.717, 1.165) is 47.5 Å². The van der Waals surface area contributed by atoms with Crippen molar-refractivity contribution < 1.29 is 41.9 Å². The lowest BCUT2D eigenvalue weighted by molar-refractivity contribution is -0.274. The van der Waals surface area contributed by atoms with Crippen molar-refractivity contribution in [2.45, 2.75) is 76.4 Å². The molecule has 4 aromatic rings. The van der Waals surface area contributed by atoms with Crippen molar-refractivity contribution >= 4 is 38.6 Å². The molecule has 2 N–H and O–H groups in total. The molecule has 1 amide bonds. The molecule has 1 saturated heterocycles. The smallest absolute Gasteiger partial charge is 0.480 e. The molecule has 2 aromatic carbocycles. The number of aromatic nitrogens is 2. The number of fused-ring (bicyclic) bond motifs is 1. The number of alkyl halides is 3. The number of halogens is 3. The lowest BCUT2D eigenvalue weighted by Crippen LogP contribution is -2.36. The molecule has 2 atom stereocenters. The largest absolute Gasteiger partial charge is 0.573 e. The molecule has 0 spiro atoms. The Hall–Kier alpha value is -4.17. The van der Waals surface area contributed by atoms with Gasteiger partial charge in [-0.05, 0) is 68.9 Å². The summed E-state index contributed by atoms with van der Waals surface area (Å²) in [4.78, 5) is 30.4. The zero-order valence-corrected chi connectivity index (χ0v) is 25.8. The average molecular weight is 659 g/mol. The van der Waals surface area contributed by atoms with E-state index in [2.05, 4.69) is 27.0 Å². The lowest BCUT2D eigenvalue weighted by Gasteiger charge is -2.29. The number of carboxylic acids is 1. The number of aliphatic carboxylic acids is 1. The van der Waals surface area contributed by atoms with Gasteiger partial charge < -0.3 is 29.3 Å². The number of hydrogen-bond acceptors (Lipinski definition) is 9. The van der Waals surface area contributed by atoms with Crippen LogP contribution in [0.5, 0.6) is 5.75 Å². The van der Waals surface area contributed by atoms with Gasteiger partial charge in [0.25, 0.3) is 5.91 Å². The van der Waals surface area contributed by atoms with Gasteiger partial charge in [0, 0.05) is 41.3 Å². The number of anilines is 1. The fourth-order valence-corrected chi connectivity index (χ4v) is 7.14. The zero-order chi connectivity index (χ0) is 32.4. The normalized spacial score (nSPS) is 18.3. The molecule has 6 rings (SSSR count). The Kier molecular flexibility index (Phi) is 9.18. The van der Waals surface area contributed by atoms with Crippen LogP contribution in [0.2, 0.25) is 0 Å². The topological polar surface area (TPSA) is 127 Å². The quantitative estimate of drug-likeness (QED) is 0.148. The summed E-state index contributed by atoms with van der Waals surface area (Å²) in [7, 11) is 0. The first-order valence-electron chi connectivity index (χ1n) is 15.2. The Morgan fingerprint density at radius 3 is 2.65 bits per heavy atom. The maximum atomic E-state index is 13.1. The van der Waals surface area contributed by atoms with Crippen LogP contribution in [0.4, 0.5) is 18.3 Å². The van der Waals surface area contributed by atoms with Crippen molar-refractivity contribution in [2.75, 3.05) is 18.1 Å². The van der Waals surface area contributed by atoms with Crippen LogP contribution < -0.4 is 15.0 Å². The molecule has 244 valence electrons. The molecular formula is C32H33F3N4O6S. The summed E-state index contributed by atoms with van der Waals surface area (Å²) >= 11 is 1.49. The van der Waals surface area contributed by atoms with Crippen LogP contribution in [0.3, 0.4) is 0 Å². The first-order chi connectivity index (χ1) is 22.1. The van der Waals surface area contributed by atoms with Crippen molar-refractivity contribution in [2.24, 2.45) is 0 Å². The number of carboxylic acid groups (broad SMARTS) is 1. The monoisotopic (exact) mass is 658 g/mol. The summed E-state index contributed by atoms with van der Waals surface area (Å²) in [6.45, 7) is 2.23. The molecule has 2 aliphatic rings. The number of nitrogens with zero attached hydrogens (tertiary/aromatic N) is 3. The van der Waals surface area contributed by atoms with Crippen molar-refractivity contribution in [1.82, 2.24) is 15.5 Å². The first-order valence-corrected chi connectivity index (χ1v) is 16.0. The van der Waals surface area contributed by atoms with Crippen LogP contribution in [0.15, 0.2) is 47.0 Å². The fourth-order valence-electron chi connectivity index (χ4n) is 5.99. The predicted molar refractivity (Wildman–Crippen MR) is 164 cm³/mol. The Bertz CT molecular complexity index is 1720. The summed E-state index contributed by atoms with van der Waals surface area (Å²) in [5, 5.41) is 16.3. The Morgan fingerprint density at radius 1 is 1.13 bits per heavy atom. The lowest BCUT2D eigenvalue weighted by atomic mass is 10.0. The minimum absolute atomic E-state index is 0.142. The predicted octanol–water partition coefficient (Wildman–Crippen LogP) is 6.90. The summed E-state index contributed by atoms with van der Waals surface area (Å²) in [5.74, 6) is -1.10. The highest BCUT2D eigenvalue weighted by Crippen LogP contribution is 2.46. The van der Waals surface area contributed by atoms with Crippen LogP contribution in [0.1, 0.15) is 73.0 Å². The molecule has 0 radical (unpaired) electrons. The molecule has 46 heavy (non-hydrogen) atoms. The Morgan fingerprint density at radius 2 is 1.91 bits per heavy atom. The van der Waals surface area contributed by atoms with E-state index >= 15 is 0 Å². The summed E-state index contributed by atoms with van der Waals surface area (Å²) < 4.78 is 56.3. The van der Waals surface area contributed by atoms with E-state index in [1.807, 2.05) is 0 Å². The second-order valence-electron chi connectivity index (χ2n) is 11.5. The van der Waals surface area contributed by atoms with Crippen molar-refractivity contribution in [3.05, 3.63) is 59.4 Å². The number of rotatable bonds is 13. The van der Waals surface area contributed by atoms with Gasteiger partial charge in [0.15, 0.2) is 5.13 Å². The summed E-state index contributed by atoms with van der Waals surface area (Å²) in [6.07, 6.45) is 0.600. The highest BCUT2D eigenvalue weighted by Gasteiger charge is 2.37. The van der Waals surface area contributed by atoms with Gasteiger partial charge in [-0.25, -0.2) is 4.98 Å². The van der Waals surface area contributed by atoms with Crippen LogP contribution >= 0.6 is 11.3 Å². The Balaban J connectivity index is 1.15. The zero-order valence-electron chi connectivity index (χ0n) is 25.0. The summed E-state index contributed by atoms with van der Waals surface area (Å²) in [6, 6.07) is 11.5. The van der Waals surface area contributed by atoms with E-state index in [-0.39, 0.29) is 29.9 Å². The minimum atomic E-state index is -4.85. The van der Waals surface area contributed by atoms with Gasteiger partial charge in [-0.2, -0.15) is 0 Å². The second kappa shape index (κ2) is 13.3. The van der Waals surface area contributed by atoms with Gasteiger partial charge in [0.1, 0.15) is 23.7 Å². The minimum Gasteiger partial charge on any atom is -0.480 e. The molecule has 1 unspecified atom stereocenters. The number of carbonyl (C=O) groups is 2. The van der Waals surface area contributed by atoms with Crippen LogP contribution in [0.25, 0.3) is 21.5 Å². The van der Waals surface area contributed by atoms with Crippen LogP contribution in [-0.4, -0.2) is 58.7 Å². The Labute approximate surface area is 266 Å². The van der Waals surface area contributed by atoms with E-state index < -0.39 is 24.8 Å². The number of ether oxygens (including phenoxy) is 2. The molecule has 14 heteroatoms. The van der Waals surface area contributed by atoms with Crippen LogP contribution in [-0.2, 0) is 16.1 Å². The number of carbonyl (C=O) groups excluding carboxylic acids is 1. The van der Waals surface area contributed by atoms with E-state index in [4.69, 9.17) is 19.4 Å². The molecule has 1 saturated carbocycles. The van der Waals surface area contributed by atoms with Gasteiger partial charge >= 0.3 is 12.3 Å². The first kappa shape index (κ1) is 31.8. The maximum absolute atomic E-state index is 13.1. The standard InChI is InChI=1S/C32H33F3N4O6S/c1-2-20-10-11-21(39(20)31-37-24-12-9-19(15-26(24)46-31)30(42)36-16-27(40)41)13-14-43-17-23-28(38-45-29(23)18-7-8-18)22-5-3-4-6-25(22)44-32(33,34)35/h3-6,9,12,15,18,20-21H,2,7-8,10-11,13-14,16-17H2,1H3,(H,36,42)(H,40,41)/t20?,21-/m0/s1. The second-order valence-corrected chi connectivity index (χ2v) is 12.5. The summed E-state index contributed by atoms with van der Waals surface area (Å²) in [5.41, 5.74) is 2.26. The molecular weight excluding hydrogens is 625 g/mol. The molecule has 10 nitrogen and oxygen atoms in total. The van der Waals surface area contributed by atoms with E-state index in [1.54, 1.807) is 24.3 Å². The molecule has 0 bridgehead atoms. The van der Waals surface area contributed by atoms with E-state index in [9.17, 15) is 22.8 Å². The van der Waals surface area contributed by atoms with Gasteiger partial charge in [-0.15, -0.1) is 13.2 Å². The van der Waals surface area contributed by atoms with Crippen molar-refractivity contribution in [3.8, 4) is 17.0 Å². The maximum Gasteiger partial charge on any atom is 0.573 e. The number of para-hydroxylation sites is 1. The van der Waals surface area contributed by atoms with E-state index in [1.165, 1.54) is 29.5 Å². The SMILES string of the molecule is CCC1CC[C@@H](CCOCc2c(-c3ccccc3OC(F)(F)F)noc2C2CC2)N1c1nc2ccc(C(=O)NCC(=O)O)cc2s1. The van der Waals surface area contributed by atoms with Crippen LogP contribution in [0, 0.1) is 0 Å². The number of benzene rings is 2. The van der Waals surface area contributed by atoms with Crippen molar-refractivity contribution in [3.63, 3.8) is 0 Å². The molecule has 2 aromatic heterocycles. The molecule has 2 fully saturated rings. The number of nitrogens with one attached hydrogen (secondary N) is 1. The number of amides is 1. The highest BCUT2D eigenvalue weighted by atomic mass is 32.1. The van der Waals surface area contributed by atoms with Gasteiger partial charge in [0.2, 0.25) is 0 Å². The average Bonchev–Trinajstić information content (AvgIpc) is 3.44. The number of thiazole rings is 1. The molecule has 3 heterocycles. The van der Waals surface area contributed by atoms with Crippen molar-refractivity contribution in [1.29, 1.82) is 0 Å². The number of hydrogen-bond donors (Lipinski definition) is 2. The third-order valence-electron chi connectivity index (χ3n) is 8.33. The highest BCUT2D eigenvalue weighted by molar-refractivity contribution is 7.22. The van der Waals surface area contributed by atoms with Gasteiger partial charge in [-0.3, -0.25) is 9.59 Å². The third kappa shape index (κ3) is 7.12. The third-order valence-corrected chi connectivity index (χ3v) is 9.36. The molecule has 1 aliphatic heterocycles. The van der Waals surface area contributed by atoms with Gasteiger partial charge in [-0.1, -0.05) is 35.5 Å². The van der Waals surface area contributed by atoms with Gasteiger partial charge in [0.05, 0.1) is 16.8 Å².